The van der Waals surface area contributed by atoms with Crippen LogP contribution >= 0.6 is 0 Å². The van der Waals surface area contributed by atoms with Gasteiger partial charge >= 0.3 is 0 Å². The number of nitrogens with one attached hydrogen (secondary N) is 1. The highest BCUT2D eigenvalue weighted by atomic mass is 32.2. The summed E-state index contributed by atoms with van der Waals surface area (Å²) in [4.78, 5) is 0.168. The van der Waals surface area contributed by atoms with Crippen LogP contribution in [0.15, 0.2) is 35.4 Å². The summed E-state index contributed by atoms with van der Waals surface area (Å²) in [6.07, 6.45) is 1.50. The number of aromatic nitrogens is 2. The maximum absolute atomic E-state index is 12.8. The van der Waals surface area contributed by atoms with Gasteiger partial charge in [0.2, 0.25) is 10.0 Å². The van der Waals surface area contributed by atoms with Crippen molar-refractivity contribution in [2.75, 3.05) is 0 Å². The number of hydrogen-bond donors (Lipinski definition) is 1. The summed E-state index contributed by atoms with van der Waals surface area (Å²) in [7, 11) is -3.62. The molecule has 0 aliphatic heterocycles. The lowest BCUT2D eigenvalue weighted by Crippen LogP contribution is -2.23. The lowest BCUT2D eigenvalue weighted by molar-refractivity contribution is 0.580. The van der Waals surface area contributed by atoms with Crippen molar-refractivity contribution < 1.29 is 12.8 Å². The fourth-order valence-corrected chi connectivity index (χ4v) is 2.99. The molecular weight excluding hydrogens is 281 g/mol. The third-order valence-electron chi connectivity index (χ3n) is 2.89. The Morgan fingerprint density at radius 2 is 1.95 bits per heavy atom. The van der Waals surface area contributed by atoms with Crippen molar-refractivity contribution in [2.45, 2.75) is 31.8 Å². The summed E-state index contributed by atoms with van der Waals surface area (Å²) in [5.74, 6) is -0.350. The van der Waals surface area contributed by atoms with E-state index in [2.05, 4.69) is 9.82 Å². The zero-order chi connectivity index (χ0) is 14.8. The van der Waals surface area contributed by atoms with Gasteiger partial charge in [0.1, 0.15) is 10.7 Å². The second-order valence-electron chi connectivity index (χ2n) is 4.39. The van der Waals surface area contributed by atoms with Crippen LogP contribution in [0.3, 0.4) is 0 Å². The zero-order valence-corrected chi connectivity index (χ0v) is 12.1. The predicted octanol–water partition coefficient (Wildman–Crippen LogP) is 1.83. The van der Waals surface area contributed by atoms with Crippen molar-refractivity contribution in [1.29, 1.82) is 0 Å². The molecule has 108 valence electrons. The largest absolute Gasteiger partial charge is 0.271 e. The van der Waals surface area contributed by atoms with Gasteiger partial charge in [0, 0.05) is 19.3 Å². The third kappa shape index (κ3) is 3.23. The first-order valence-electron chi connectivity index (χ1n) is 6.20. The van der Waals surface area contributed by atoms with Gasteiger partial charge in [-0.3, -0.25) is 4.68 Å². The lowest BCUT2D eigenvalue weighted by atomic mass is 10.2. The van der Waals surface area contributed by atoms with Crippen LogP contribution in [0.1, 0.15) is 18.2 Å². The molecule has 5 nitrogen and oxygen atoms in total. The Morgan fingerprint density at radius 3 is 2.50 bits per heavy atom. The van der Waals surface area contributed by atoms with Crippen LogP contribution in [0.2, 0.25) is 0 Å². The Kier molecular flexibility index (Phi) is 4.20. The zero-order valence-electron chi connectivity index (χ0n) is 11.3. The summed E-state index contributed by atoms with van der Waals surface area (Å²) in [6.45, 7) is 4.25. The fourth-order valence-electron chi connectivity index (χ4n) is 1.78. The number of halogens is 1. The molecule has 0 saturated carbocycles. The van der Waals surface area contributed by atoms with Crippen LogP contribution in [-0.4, -0.2) is 18.2 Å². The van der Waals surface area contributed by atoms with Gasteiger partial charge in [0.25, 0.3) is 0 Å². The molecule has 0 bridgehead atoms. The highest BCUT2D eigenvalue weighted by Gasteiger charge is 2.19. The second kappa shape index (κ2) is 5.72. The lowest BCUT2D eigenvalue weighted by Gasteiger charge is -2.05. The molecule has 0 amide bonds. The normalized spacial score (nSPS) is 11.8. The Morgan fingerprint density at radius 1 is 1.30 bits per heavy atom. The molecule has 0 unspecified atom stereocenters. The van der Waals surface area contributed by atoms with Gasteiger partial charge in [-0.15, -0.1) is 0 Å². The van der Waals surface area contributed by atoms with Gasteiger partial charge in [0.05, 0.1) is 5.69 Å². The molecule has 1 N–H and O–H groups in total. The fraction of sp³-hybridized carbons (Fsp3) is 0.308. The molecule has 1 aromatic heterocycles. The van der Waals surface area contributed by atoms with Crippen molar-refractivity contribution in [2.24, 2.45) is 0 Å². The summed E-state index contributed by atoms with van der Waals surface area (Å²) < 4.78 is 41.2. The standard InChI is InChI=1S/C13H16FN3O2S/c1-3-17-9-13(10(2)16-17)20(18,19)15-8-11-4-6-12(14)7-5-11/h4-7,9,15H,3,8H2,1-2H3. The highest BCUT2D eigenvalue weighted by molar-refractivity contribution is 7.89. The van der Waals surface area contributed by atoms with Crippen molar-refractivity contribution in [1.82, 2.24) is 14.5 Å². The topological polar surface area (TPSA) is 64.0 Å². The number of aryl methyl sites for hydroxylation is 2. The molecule has 0 radical (unpaired) electrons. The van der Waals surface area contributed by atoms with Gasteiger partial charge in [-0.2, -0.15) is 5.10 Å². The van der Waals surface area contributed by atoms with Crippen LogP contribution in [0.4, 0.5) is 4.39 Å². The summed E-state index contributed by atoms with van der Waals surface area (Å²) >= 11 is 0. The van der Waals surface area contributed by atoms with Gasteiger partial charge in [0.15, 0.2) is 0 Å². The van der Waals surface area contributed by atoms with E-state index in [0.717, 1.165) is 0 Å². The quantitative estimate of drug-likeness (QED) is 0.915. The van der Waals surface area contributed by atoms with Crippen LogP contribution < -0.4 is 4.72 Å². The Labute approximate surface area is 117 Å². The summed E-state index contributed by atoms with van der Waals surface area (Å²) in [6, 6.07) is 5.67. The number of rotatable bonds is 5. The van der Waals surface area contributed by atoms with Gasteiger partial charge in [-0.05, 0) is 31.5 Å². The van der Waals surface area contributed by atoms with E-state index in [1.54, 1.807) is 23.7 Å². The van der Waals surface area contributed by atoms with E-state index < -0.39 is 10.0 Å². The summed E-state index contributed by atoms with van der Waals surface area (Å²) in [5, 5.41) is 4.11. The molecule has 0 aliphatic rings. The first kappa shape index (κ1) is 14.7. The smallest absolute Gasteiger partial charge is 0.244 e. The second-order valence-corrected chi connectivity index (χ2v) is 6.12. The Bertz CT molecular complexity index is 693. The third-order valence-corrected chi connectivity index (χ3v) is 4.40. The van der Waals surface area contributed by atoms with E-state index in [4.69, 9.17) is 0 Å². The van der Waals surface area contributed by atoms with Crippen molar-refractivity contribution in [3.63, 3.8) is 0 Å². The highest BCUT2D eigenvalue weighted by Crippen LogP contribution is 2.14. The van der Waals surface area contributed by atoms with E-state index in [-0.39, 0.29) is 17.3 Å². The minimum Gasteiger partial charge on any atom is -0.271 e. The molecule has 7 heteroatoms. The molecule has 1 aromatic carbocycles. The maximum Gasteiger partial charge on any atom is 0.244 e. The number of benzene rings is 1. The molecule has 2 rings (SSSR count). The molecule has 2 aromatic rings. The van der Waals surface area contributed by atoms with Gasteiger partial charge in [-0.1, -0.05) is 12.1 Å². The molecule has 0 fully saturated rings. The number of nitrogens with zero attached hydrogens (tertiary/aromatic N) is 2. The first-order chi connectivity index (χ1) is 9.42. The Hall–Kier alpha value is -1.73. The van der Waals surface area contributed by atoms with E-state index in [0.29, 0.717) is 17.8 Å². The minimum atomic E-state index is -3.62. The number of sulfonamides is 1. The predicted molar refractivity (Wildman–Crippen MR) is 73.1 cm³/mol. The van der Waals surface area contributed by atoms with E-state index in [1.807, 2.05) is 6.92 Å². The van der Waals surface area contributed by atoms with Crippen molar-refractivity contribution in [3.8, 4) is 0 Å². The summed E-state index contributed by atoms with van der Waals surface area (Å²) in [5.41, 5.74) is 1.15. The molecule has 0 saturated heterocycles. The van der Waals surface area contributed by atoms with Gasteiger partial charge in [-0.25, -0.2) is 17.5 Å². The van der Waals surface area contributed by atoms with Crippen LogP contribution in [0.25, 0.3) is 0 Å². The first-order valence-corrected chi connectivity index (χ1v) is 7.69. The van der Waals surface area contributed by atoms with Crippen molar-refractivity contribution >= 4 is 10.0 Å². The monoisotopic (exact) mass is 297 g/mol. The number of hydrogen-bond acceptors (Lipinski definition) is 3. The van der Waals surface area contributed by atoms with E-state index in [9.17, 15) is 12.8 Å². The molecule has 0 spiro atoms. The van der Waals surface area contributed by atoms with E-state index >= 15 is 0 Å². The van der Waals surface area contributed by atoms with Crippen LogP contribution in [0, 0.1) is 12.7 Å². The van der Waals surface area contributed by atoms with Gasteiger partial charge < -0.3 is 0 Å². The van der Waals surface area contributed by atoms with Crippen LogP contribution in [0.5, 0.6) is 0 Å². The van der Waals surface area contributed by atoms with E-state index in [1.165, 1.54) is 18.3 Å². The Balaban J connectivity index is 2.14. The van der Waals surface area contributed by atoms with Crippen molar-refractivity contribution in [3.05, 3.63) is 47.5 Å². The maximum atomic E-state index is 12.8. The molecule has 0 atom stereocenters. The average Bonchev–Trinajstić information content (AvgIpc) is 2.80. The molecule has 20 heavy (non-hydrogen) atoms. The van der Waals surface area contributed by atoms with Crippen LogP contribution in [-0.2, 0) is 23.1 Å². The molecule has 0 aliphatic carbocycles. The molecule has 1 heterocycles. The SMILES string of the molecule is CCn1cc(S(=O)(=O)NCc2ccc(F)cc2)c(C)n1. The molecular formula is C13H16FN3O2S. The average molecular weight is 297 g/mol. The minimum absolute atomic E-state index is 0.110.